The van der Waals surface area contributed by atoms with Crippen molar-refractivity contribution in [1.82, 2.24) is 5.32 Å². The fourth-order valence-electron chi connectivity index (χ4n) is 2.94. The highest BCUT2D eigenvalue weighted by molar-refractivity contribution is 7.98. The van der Waals surface area contributed by atoms with E-state index in [2.05, 4.69) is 5.32 Å². The van der Waals surface area contributed by atoms with Gasteiger partial charge in [0.15, 0.2) is 0 Å². The van der Waals surface area contributed by atoms with Crippen LogP contribution in [0.1, 0.15) is 36.0 Å². The summed E-state index contributed by atoms with van der Waals surface area (Å²) in [5.41, 5.74) is 0.747. The third kappa shape index (κ3) is 3.76. The number of carbonyl (C=O) groups is 1. The highest BCUT2D eigenvalue weighted by Crippen LogP contribution is 2.29. The summed E-state index contributed by atoms with van der Waals surface area (Å²) in [6, 6.07) is 7.68. The number of nitrogens with one attached hydrogen (secondary N) is 1. The number of rotatable bonds is 5. The van der Waals surface area contributed by atoms with Gasteiger partial charge in [0.1, 0.15) is 0 Å². The summed E-state index contributed by atoms with van der Waals surface area (Å²) in [4.78, 5) is 13.3. The van der Waals surface area contributed by atoms with E-state index in [1.165, 1.54) is 12.8 Å². The molecule has 2 unspecified atom stereocenters. The van der Waals surface area contributed by atoms with Crippen LogP contribution in [0.25, 0.3) is 0 Å². The van der Waals surface area contributed by atoms with E-state index in [0.29, 0.717) is 18.4 Å². The molecule has 1 fully saturated rings. The summed E-state index contributed by atoms with van der Waals surface area (Å²) in [5, 5.41) is 12.5. The summed E-state index contributed by atoms with van der Waals surface area (Å²) < 4.78 is 0. The summed E-state index contributed by atoms with van der Waals surface area (Å²) >= 11 is 1.59. The Hall–Kier alpha value is -1.00. The van der Waals surface area contributed by atoms with Crippen LogP contribution in [0.2, 0.25) is 0 Å². The Kier molecular flexibility index (Phi) is 5.92. The lowest BCUT2D eigenvalue weighted by Gasteiger charge is -2.30. The molecule has 1 aliphatic rings. The molecule has 0 aromatic heterocycles. The maximum Gasteiger partial charge on any atom is 0.252 e. The van der Waals surface area contributed by atoms with E-state index in [1.54, 1.807) is 11.8 Å². The maximum absolute atomic E-state index is 12.3. The molecule has 20 heavy (non-hydrogen) atoms. The Balaban J connectivity index is 1.94. The second-order valence-electron chi connectivity index (χ2n) is 5.40. The zero-order valence-electron chi connectivity index (χ0n) is 12.0. The largest absolute Gasteiger partial charge is 0.396 e. The van der Waals surface area contributed by atoms with Gasteiger partial charge in [-0.2, -0.15) is 0 Å². The summed E-state index contributed by atoms with van der Waals surface area (Å²) in [5.74, 6) is 0.760. The van der Waals surface area contributed by atoms with Crippen molar-refractivity contribution in [2.24, 2.45) is 11.8 Å². The molecule has 2 atom stereocenters. The SMILES string of the molecule is CSc1ccccc1C(=O)NCC1CCCCC1CO. The van der Waals surface area contributed by atoms with E-state index < -0.39 is 0 Å². The monoisotopic (exact) mass is 293 g/mol. The lowest BCUT2D eigenvalue weighted by Crippen LogP contribution is -2.35. The third-order valence-electron chi connectivity index (χ3n) is 4.18. The minimum absolute atomic E-state index is 0.00258. The standard InChI is InChI=1S/C16H23NO2S/c1-20-15-9-5-4-8-14(15)16(19)17-10-12-6-2-3-7-13(12)11-18/h4-5,8-9,12-13,18H,2-3,6-7,10-11H2,1H3,(H,17,19). The van der Waals surface area contributed by atoms with Crippen molar-refractivity contribution in [1.29, 1.82) is 0 Å². The Morgan fingerprint density at radius 2 is 2.00 bits per heavy atom. The van der Waals surface area contributed by atoms with Crippen molar-refractivity contribution < 1.29 is 9.90 Å². The van der Waals surface area contributed by atoms with Crippen molar-refractivity contribution >= 4 is 17.7 Å². The normalized spacial score (nSPS) is 22.5. The number of thioether (sulfide) groups is 1. The van der Waals surface area contributed by atoms with Crippen LogP contribution < -0.4 is 5.32 Å². The third-order valence-corrected chi connectivity index (χ3v) is 4.97. The van der Waals surface area contributed by atoms with Gasteiger partial charge in [-0.25, -0.2) is 0 Å². The molecule has 1 amide bonds. The maximum atomic E-state index is 12.3. The first-order valence-corrected chi connectivity index (χ1v) is 8.50. The van der Waals surface area contributed by atoms with Crippen LogP contribution in [0.5, 0.6) is 0 Å². The zero-order valence-corrected chi connectivity index (χ0v) is 12.8. The minimum Gasteiger partial charge on any atom is -0.396 e. The zero-order chi connectivity index (χ0) is 14.4. The number of hydrogen-bond acceptors (Lipinski definition) is 3. The number of aliphatic hydroxyl groups excluding tert-OH is 1. The van der Waals surface area contributed by atoms with E-state index in [1.807, 2.05) is 30.5 Å². The molecule has 0 bridgehead atoms. The van der Waals surface area contributed by atoms with Crippen LogP contribution >= 0.6 is 11.8 Å². The number of benzene rings is 1. The molecule has 0 heterocycles. The van der Waals surface area contributed by atoms with E-state index in [0.717, 1.165) is 23.3 Å². The van der Waals surface area contributed by atoms with E-state index in [-0.39, 0.29) is 12.5 Å². The van der Waals surface area contributed by atoms with Gasteiger partial charge in [-0.3, -0.25) is 4.79 Å². The van der Waals surface area contributed by atoms with Gasteiger partial charge >= 0.3 is 0 Å². The molecular weight excluding hydrogens is 270 g/mol. The van der Waals surface area contributed by atoms with Crippen molar-refractivity contribution in [2.75, 3.05) is 19.4 Å². The molecule has 1 aromatic carbocycles. The van der Waals surface area contributed by atoms with Crippen LogP contribution in [-0.4, -0.2) is 30.4 Å². The Morgan fingerprint density at radius 3 is 2.70 bits per heavy atom. The average molecular weight is 293 g/mol. The van der Waals surface area contributed by atoms with Crippen LogP contribution in [0, 0.1) is 11.8 Å². The highest BCUT2D eigenvalue weighted by Gasteiger charge is 2.25. The number of carbonyl (C=O) groups excluding carboxylic acids is 1. The minimum atomic E-state index is -0.00258. The molecule has 4 heteroatoms. The van der Waals surface area contributed by atoms with Crippen molar-refractivity contribution in [3.63, 3.8) is 0 Å². The molecule has 110 valence electrons. The number of hydrogen-bond donors (Lipinski definition) is 2. The first-order chi connectivity index (χ1) is 9.76. The molecule has 1 aliphatic carbocycles. The van der Waals surface area contributed by atoms with Gasteiger partial charge < -0.3 is 10.4 Å². The second-order valence-corrected chi connectivity index (χ2v) is 6.25. The predicted octanol–water partition coefficient (Wildman–Crippen LogP) is 2.94. The van der Waals surface area contributed by atoms with E-state index >= 15 is 0 Å². The van der Waals surface area contributed by atoms with E-state index in [4.69, 9.17) is 0 Å². The van der Waals surface area contributed by atoms with Gasteiger partial charge in [0.25, 0.3) is 5.91 Å². The number of aliphatic hydroxyl groups is 1. The summed E-state index contributed by atoms with van der Waals surface area (Å²) in [7, 11) is 0. The fraction of sp³-hybridized carbons (Fsp3) is 0.562. The van der Waals surface area contributed by atoms with Crippen molar-refractivity contribution in [3.05, 3.63) is 29.8 Å². The van der Waals surface area contributed by atoms with Crippen LogP contribution in [0.15, 0.2) is 29.2 Å². The molecule has 2 rings (SSSR count). The molecule has 0 radical (unpaired) electrons. The van der Waals surface area contributed by atoms with Crippen molar-refractivity contribution in [2.45, 2.75) is 30.6 Å². The predicted molar refractivity (Wildman–Crippen MR) is 83.1 cm³/mol. The van der Waals surface area contributed by atoms with Gasteiger partial charge in [0.05, 0.1) is 5.56 Å². The molecular formula is C16H23NO2S. The molecule has 2 N–H and O–H groups in total. The first-order valence-electron chi connectivity index (χ1n) is 7.28. The second kappa shape index (κ2) is 7.70. The average Bonchev–Trinajstić information content (AvgIpc) is 2.52. The molecule has 3 nitrogen and oxygen atoms in total. The molecule has 0 aliphatic heterocycles. The molecule has 1 saturated carbocycles. The Morgan fingerprint density at radius 1 is 1.30 bits per heavy atom. The van der Waals surface area contributed by atoms with Crippen molar-refractivity contribution in [3.8, 4) is 0 Å². The van der Waals surface area contributed by atoms with Gasteiger partial charge in [0, 0.05) is 18.0 Å². The summed E-state index contributed by atoms with van der Waals surface area (Å²) in [6.45, 7) is 0.911. The Labute approximate surface area is 125 Å². The van der Waals surface area contributed by atoms with Gasteiger partial charge in [-0.05, 0) is 43.1 Å². The molecule has 0 saturated heterocycles. The fourth-order valence-corrected chi connectivity index (χ4v) is 3.54. The van der Waals surface area contributed by atoms with E-state index in [9.17, 15) is 9.90 Å². The van der Waals surface area contributed by atoms with Crippen LogP contribution in [-0.2, 0) is 0 Å². The van der Waals surface area contributed by atoms with Crippen LogP contribution in [0.3, 0.4) is 0 Å². The van der Waals surface area contributed by atoms with Gasteiger partial charge in [-0.1, -0.05) is 25.0 Å². The lowest BCUT2D eigenvalue weighted by molar-refractivity contribution is 0.0906. The summed E-state index contributed by atoms with van der Waals surface area (Å²) in [6.07, 6.45) is 6.58. The first kappa shape index (κ1) is 15.4. The lowest BCUT2D eigenvalue weighted by atomic mass is 9.79. The van der Waals surface area contributed by atoms with Gasteiger partial charge in [-0.15, -0.1) is 11.8 Å². The molecule has 0 spiro atoms. The molecule has 1 aromatic rings. The smallest absolute Gasteiger partial charge is 0.252 e. The highest BCUT2D eigenvalue weighted by atomic mass is 32.2. The number of amides is 1. The Bertz CT molecular complexity index is 450. The topological polar surface area (TPSA) is 49.3 Å². The quantitative estimate of drug-likeness (QED) is 0.821. The van der Waals surface area contributed by atoms with Gasteiger partial charge in [0.2, 0.25) is 0 Å². The van der Waals surface area contributed by atoms with Crippen LogP contribution in [0.4, 0.5) is 0 Å².